The summed E-state index contributed by atoms with van der Waals surface area (Å²) in [6, 6.07) is 8.75. The summed E-state index contributed by atoms with van der Waals surface area (Å²) >= 11 is 0. The number of amides is 1. The molecule has 0 saturated carbocycles. The van der Waals surface area contributed by atoms with E-state index in [1.807, 2.05) is 24.3 Å². The molecular weight excluding hydrogens is 264 g/mol. The van der Waals surface area contributed by atoms with Gasteiger partial charge in [0.1, 0.15) is 5.75 Å². The van der Waals surface area contributed by atoms with Gasteiger partial charge in [-0.2, -0.15) is 0 Å². The van der Waals surface area contributed by atoms with E-state index in [1.54, 1.807) is 7.11 Å². The molecule has 2 N–H and O–H groups in total. The molecular formula is C17H26N2O2. The van der Waals surface area contributed by atoms with E-state index in [2.05, 4.69) is 24.5 Å². The summed E-state index contributed by atoms with van der Waals surface area (Å²) in [5, 5.41) is 6.57. The molecule has 0 aromatic heterocycles. The fraction of sp³-hybridized carbons (Fsp3) is 0.588. The highest BCUT2D eigenvalue weighted by Gasteiger charge is 2.20. The van der Waals surface area contributed by atoms with E-state index in [9.17, 15) is 4.79 Å². The van der Waals surface area contributed by atoms with E-state index in [4.69, 9.17) is 4.74 Å². The van der Waals surface area contributed by atoms with Crippen molar-refractivity contribution in [2.75, 3.05) is 13.7 Å². The van der Waals surface area contributed by atoms with Crippen molar-refractivity contribution >= 4 is 5.91 Å². The predicted molar refractivity (Wildman–Crippen MR) is 84.7 cm³/mol. The number of nitrogens with one attached hydrogen (secondary N) is 2. The van der Waals surface area contributed by atoms with Crippen LogP contribution in [0.3, 0.4) is 0 Å². The van der Waals surface area contributed by atoms with Crippen LogP contribution in [0.4, 0.5) is 0 Å². The Morgan fingerprint density at radius 1 is 1.43 bits per heavy atom. The Labute approximate surface area is 127 Å². The van der Waals surface area contributed by atoms with E-state index in [0.29, 0.717) is 18.5 Å². The topological polar surface area (TPSA) is 50.4 Å². The molecule has 0 radical (unpaired) electrons. The molecule has 1 aromatic carbocycles. The maximum atomic E-state index is 12.2. The number of hydrogen-bond acceptors (Lipinski definition) is 3. The van der Waals surface area contributed by atoms with Crippen molar-refractivity contribution in [3.8, 4) is 5.75 Å². The second kappa shape index (κ2) is 7.46. The highest BCUT2D eigenvalue weighted by molar-refractivity contribution is 5.77. The van der Waals surface area contributed by atoms with E-state index < -0.39 is 0 Å². The molecule has 1 amide bonds. The monoisotopic (exact) mass is 290 g/mol. The Morgan fingerprint density at radius 2 is 2.14 bits per heavy atom. The molecule has 3 atom stereocenters. The maximum Gasteiger partial charge on any atom is 0.220 e. The standard InChI is InChI=1S/C17H26N2O2/c1-12(14-4-6-16(21-3)7-5-14)10-17(20)19-15-8-9-18-13(2)11-15/h4-7,12-13,15,18H,8-11H2,1-3H3,(H,19,20). The summed E-state index contributed by atoms with van der Waals surface area (Å²) in [4.78, 5) is 12.2. The Balaban J connectivity index is 1.83. The molecule has 1 aliphatic heterocycles. The third-order valence-corrected chi connectivity index (χ3v) is 4.17. The zero-order valence-corrected chi connectivity index (χ0v) is 13.2. The minimum Gasteiger partial charge on any atom is -0.497 e. The third-order valence-electron chi connectivity index (χ3n) is 4.17. The fourth-order valence-corrected chi connectivity index (χ4v) is 2.88. The van der Waals surface area contributed by atoms with E-state index in [0.717, 1.165) is 25.1 Å². The lowest BCUT2D eigenvalue weighted by Crippen LogP contribution is -2.46. The summed E-state index contributed by atoms with van der Waals surface area (Å²) in [7, 11) is 1.66. The minimum absolute atomic E-state index is 0.150. The minimum atomic E-state index is 0.150. The molecule has 1 fully saturated rings. The van der Waals surface area contributed by atoms with Gasteiger partial charge in [-0.25, -0.2) is 0 Å². The zero-order valence-electron chi connectivity index (χ0n) is 13.2. The predicted octanol–water partition coefficient (Wildman–Crippen LogP) is 2.45. The molecule has 4 heteroatoms. The molecule has 2 rings (SSSR count). The average molecular weight is 290 g/mol. The van der Waals surface area contributed by atoms with Crippen LogP contribution in [0.1, 0.15) is 44.6 Å². The van der Waals surface area contributed by atoms with Crippen LogP contribution in [0.15, 0.2) is 24.3 Å². The van der Waals surface area contributed by atoms with Crippen molar-refractivity contribution in [1.29, 1.82) is 0 Å². The number of rotatable bonds is 5. The second-order valence-corrected chi connectivity index (χ2v) is 6.02. The number of piperidine rings is 1. The van der Waals surface area contributed by atoms with Crippen LogP contribution in [0.25, 0.3) is 0 Å². The number of carbonyl (C=O) groups is 1. The van der Waals surface area contributed by atoms with Gasteiger partial charge in [-0.3, -0.25) is 4.79 Å². The molecule has 1 heterocycles. The van der Waals surface area contributed by atoms with Crippen LogP contribution in [-0.4, -0.2) is 31.6 Å². The number of methoxy groups -OCH3 is 1. The summed E-state index contributed by atoms with van der Waals surface area (Å²) in [6.45, 7) is 5.24. The molecule has 0 bridgehead atoms. The smallest absolute Gasteiger partial charge is 0.220 e. The summed E-state index contributed by atoms with van der Waals surface area (Å²) in [5.41, 5.74) is 1.17. The first-order valence-corrected chi connectivity index (χ1v) is 7.75. The SMILES string of the molecule is COc1ccc(C(C)CC(=O)NC2CCNC(C)C2)cc1. The summed E-state index contributed by atoms with van der Waals surface area (Å²) in [5.74, 6) is 1.21. The Morgan fingerprint density at radius 3 is 2.76 bits per heavy atom. The van der Waals surface area contributed by atoms with Crippen LogP contribution in [0.2, 0.25) is 0 Å². The number of benzene rings is 1. The maximum absolute atomic E-state index is 12.2. The van der Waals surface area contributed by atoms with Crippen molar-refractivity contribution in [2.24, 2.45) is 0 Å². The largest absolute Gasteiger partial charge is 0.497 e. The van der Waals surface area contributed by atoms with Crippen LogP contribution in [0.5, 0.6) is 5.75 Å². The zero-order chi connectivity index (χ0) is 15.2. The molecule has 1 aliphatic rings. The Hall–Kier alpha value is -1.55. The van der Waals surface area contributed by atoms with E-state index >= 15 is 0 Å². The number of carbonyl (C=O) groups excluding carboxylic acids is 1. The van der Waals surface area contributed by atoms with Gasteiger partial charge in [0.15, 0.2) is 0 Å². The van der Waals surface area contributed by atoms with Crippen molar-refractivity contribution < 1.29 is 9.53 Å². The summed E-state index contributed by atoms with van der Waals surface area (Å²) in [6.07, 6.45) is 2.57. The molecule has 0 aliphatic carbocycles. The van der Waals surface area contributed by atoms with Gasteiger partial charge in [-0.15, -0.1) is 0 Å². The lowest BCUT2D eigenvalue weighted by atomic mass is 9.96. The van der Waals surface area contributed by atoms with Crippen LogP contribution in [0, 0.1) is 0 Å². The van der Waals surface area contributed by atoms with Crippen molar-refractivity contribution in [3.05, 3.63) is 29.8 Å². The average Bonchev–Trinajstić information content (AvgIpc) is 2.47. The first kappa shape index (κ1) is 15.8. The molecule has 21 heavy (non-hydrogen) atoms. The third kappa shape index (κ3) is 4.74. The summed E-state index contributed by atoms with van der Waals surface area (Å²) < 4.78 is 5.16. The van der Waals surface area contributed by atoms with Crippen molar-refractivity contribution in [1.82, 2.24) is 10.6 Å². The molecule has 116 valence electrons. The molecule has 1 saturated heterocycles. The van der Waals surface area contributed by atoms with Crippen LogP contribution in [-0.2, 0) is 4.79 Å². The number of ether oxygens (including phenoxy) is 1. The normalized spacial score (nSPS) is 23.4. The van der Waals surface area contributed by atoms with E-state index in [-0.39, 0.29) is 11.8 Å². The fourth-order valence-electron chi connectivity index (χ4n) is 2.88. The Bertz CT molecular complexity index is 458. The van der Waals surface area contributed by atoms with Crippen molar-refractivity contribution in [2.45, 2.75) is 51.1 Å². The van der Waals surface area contributed by atoms with Gasteiger partial charge in [0.2, 0.25) is 5.91 Å². The van der Waals surface area contributed by atoms with E-state index in [1.165, 1.54) is 5.56 Å². The lowest BCUT2D eigenvalue weighted by molar-refractivity contribution is -0.122. The van der Waals surface area contributed by atoms with Crippen LogP contribution < -0.4 is 15.4 Å². The van der Waals surface area contributed by atoms with Crippen LogP contribution >= 0.6 is 0 Å². The van der Waals surface area contributed by atoms with Gasteiger partial charge in [0.05, 0.1) is 7.11 Å². The highest BCUT2D eigenvalue weighted by atomic mass is 16.5. The molecule has 1 aromatic rings. The lowest BCUT2D eigenvalue weighted by Gasteiger charge is -2.29. The Kier molecular flexibility index (Phi) is 5.62. The quantitative estimate of drug-likeness (QED) is 0.876. The number of hydrogen-bond donors (Lipinski definition) is 2. The molecule has 4 nitrogen and oxygen atoms in total. The van der Waals surface area contributed by atoms with Gasteiger partial charge < -0.3 is 15.4 Å². The first-order valence-electron chi connectivity index (χ1n) is 7.75. The molecule has 3 unspecified atom stereocenters. The second-order valence-electron chi connectivity index (χ2n) is 6.02. The van der Waals surface area contributed by atoms with Gasteiger partial charge in [0, 0.05) is 18.5 Å². The molecule has 0 spiro atoms. The van der Waals surface area contributed by atoms with Crippen molar-refractivity contribution in [3.63, 3.8) is 0 Å². The van der Waals surface area contributed by atoms with Gasteiger partial charge >= 0.3 is 0 Å². The van der Waals surface area contributed by atoms with Gasteiger partial charge in [-0.1, -0.05) is 19.1 Å². The van der Waals surface area contributed by atoms with Gasteiger partial charge in [0.25, 0.3) is 0 Å². The first-order chi connectivity index (χ1) is 10.1. The van der Waals surface area contributed by atoms with Gasteiger partial charge in [-0.05, 0) is 49.9 Å². The highest BCUT2D eigenvalue weighted by Crippen LogP contribution is 2.22.